The molecule has 0 spiro atoms. The molecule has 0 amide bonds. The third-order valence-corrected chi connectivity index (χ3v) is 7.19. The fraction of sp³-hybridized carbons (Fsp3) is 0.828. The topological polar surface area (TPSA) is 46.5 Å². The lowest BCUT2D eigenvalue weighted by molar-refractivity contribution is -0.144. The lowest BCUT2D eigenvalue weighted by atomic mass is 9.78. The van der Waals surface area contributed by atoms with Gasteiger partial charge in [0.2, 0.25) is 0 Å². The van der Waals surface area contributed by atoms with E-state index in [0.29, 0.717) is 5.76 Å². The van der Waals surface area contributed by atoms with E-state index < -0.39 is 0 Å². The van der Waals surface area contributed by atoms with E-state index in [-0.39, 0.29) is 23.2 Å². The number of thiol groups is 1. The summed E-state index contributed by atoms with van der Waals surface area (Å²) in [5.74, 6) is 0.234. The Hall–Kier alpha value is -0.900. The predicted octanol–water partition coefficient (Wildman–Crippen LogP) is 9.28. The van der Waals surface area contributed by atoms with E-state index >= 15 is 0 Å². The molecule has 1 aliphatic carbocycles. The summed E-state index contributed by atoms with van der Waals surface area (Å²) in [6, 6.07) is 0. The van der Waals surface area contributed by atoms with Gasteiger partial charge in [0, 0.05) is 5.41 Å². The molecule has 0 aromatic heterocycles. The number of hydrogen-bond acceptors (Lipinski definition) is 4. The molecule has 0 radical (unpaired) electrons. The summed E-state index contributed by atoms with van der Waals surface area (Å²) in [6.45, 7) is 6.33. The number of carbonyl (C=O) groups is 1. The van der Waals surface area contributed by atoms with E-state index in [0.717, 1.165) is 24.8 Å². The first kappa shape index (κ1) is 30.1. The molecule has 1 unspecified atom stereocenters. The second-order valence-electron chi connectivity index (χ2n) is 10.6. The summed E-state index contributed by atoms with van der Waals surface area (Å²) in [5.41, 5.74) is 0.804. The SMILES string of the molecule is CCCCCCCCCCCCCCCCCCC(OC(=O)CS)C1=CC=C(O)C(C)(C)C1. The number of unbranched alkanes of at least 4 members (excludes halogenated alkanes) is 15. The molecule has 1 N–H and O–H groups in total. The average molecular weight is 481 g/mol. The van der Waals surface area contributed by atoms with Crippen molar-refractivity contribution < 1.29 is 14.6 Å². The van der Waals surface area contributed by atoms with Gasteiger partial charge < -0.3 is 9.84 Å². The molecule has 1 atom stereocenters. The van der Waals surface area contributed by atoms with Gasteiger partial charge in [-0.3, -0.25) is 4.79 Å². The van der Waals surface area contributed by atoms with Gasteiger partial charge in [0.05, 0.1) is 11.5 Å². The molecule has 3 nitrogen and oxygen atoms in total. The van der Waals surface area contributed by atoms with Crippen molar-refractivity contribution in [2.24, 2.45) is 5.41 Å². The number of carbonyl (C=O) groups excluding carboxylic acids is 1. The highest BCUT2D eigenvalue weighted by Gasteiger charge is 2.31. The van der Waals surface area contributed by atoms with Crippen molar-refractivity contribution in [3.05, 3.63) is 23.5 Å². The first-order chi connectivity index (χ1) is 15.9. The Bertz CT molecular complexity index is 579. The number of ether oxygens (including phenoxy) is 1. The van der Waals surface area contributed by atoms with Crippen LogP contribution in [0.5, 0.6) is 0 Å². The van der Waals surface area contributed by atoms with Gasteiger partial charge >= 0.3 is 5.97 Å². The van der Waals surface area contributed by atoms with Crippen LogP contribution in [0, 0.1) is 5.41 Å². The van der Waals surface area contributed by atoms with E-state index in [1.54, 1.807) is 6.08 Å². The third kappa shape index (κ3) is 14.2. The van der Waals surface area contributed by atoms with E-state index in [9.17, 15) is 9.90 Å². The predicted molar refractivity (Wildman–Crippen MR) is 145 cm³/mol. The van der Waals surface area contributed by atoms with Crippen LogP contribution in [-0.4, -0.2) is 22.9 Å². The number of esters is 1. The Morgan fingerprint density at radius 1 is 0.879 bits per heavy atom. The second-order valence-corrected chi connectivity index (χ2v) is 10.9. The van der Waals surface area contributed by atoms with Crippen molar-refractivity contribution in [3.8, 4) is 0 Å². The third-order valence-electron chi connectivity index (χ3n) is 6.93. The van der Waals surface area contributed by atoms with Crippen molar-refractivity contribution in [1.82, 2.24) is 0 Å². The summed E-state index contributed by atoms with van der Waals surface area (Å²) in [5, 5.41) is 10.1. The van der Waals surface area contributed by atoms with Crippen molar-refractivity contribution in [1.29, 1.82) is 0 Å². The minimum atomic E-state index is -0.301. The molecular formula is C29H52O3S. The van der Waals surface area contributed by atoms with Crippen LogP contribution in [-0.2, 0) is 9.53 Å². The Morgan fingerprint density at radius 3 is 1.76 bits per heavy atom. The Balaban J connectivity index is 2.10. The van der Waals surface area contributed by atoms with Crippen molar-refractivity contribution in [2.75, 3.05) is 5.75 Å². The van der Waals surface area contributed by atoms with E-state index in [4.69, 9.17) is 4.74 Å². The molecular weight excluding hydrogens is 428 g/mol. The summed E-state index contributed by atoms with van der Waals surface area (Å²) in [6.07, 6.45) is 26.7. The second kappa shape index (κ2) is 18.4. The number of aliphatic hydroxyl groups excluding tert-OH is 1. The maximum absolute atomic E-state index is 11.9. The molecule has 0 saturated heterocycles. The van der Waals surface area contributed by atoms with Crippen LogP contribution >= 0.6 is 12.6 Å². The molecule has 0 heterocycles. The number of hydrogen-bond donors (Lipinski definition) is 2. The van der Waals surface area contributed by atoms with Gasteiger partial charge in [0.15, 0.2) is 0 Å². The highest BCUT2D eigenvalue weighted by atomic mass is 32.1. The minimum Gasteiger partial charge on any atom is -0.512 e. The molecule has 1 aliphatic rings. The largest absolute Gasteiger partial charge is 0.512 e. The van der Waals surface area contributed by atoms with Crippen molar-refractivity contribution in [3.63, 3.8) is 0 Å². The number of aliphatic hydroxyl groups is 1. The zero-order valence-corrected chi connectivity index (χ0v) is 22.8. The van der Waals surface area contributed by atoms with Gasteiger partial charge in [-0.25, -0.2) is 0 Å². The molecule has 33 heavy (non-hydrogen) atoms. The number of allylic oxidation sites excluding steroid dienone is 3. The van der Waals surface area contributed by atoms with Crippen LogP contribution in [0.1, 0.15) is 136 Å². The summed E-state index contributed by atoms with van der Waals surface area (Å²) in [7, 11) is 0. The molecule has 1 rings (SSSR count). The molecule has 0 saturated carbocycles. The number of rotatable bonds is 20. The van der Waals surface area contributed by atoms with Crippen LogP contribution in [0.25, 0.3) is 0 Å². The summed E-state index contributed by atoms with van der Waals surface area (Å²) >= 11 is 4.06. The quantitative estimate of drug-likeness (QED) is 0.104. The molecule has 0 bridgehead atoms. The van der Waals surface area contributed by atoms with Gasteiger partial charge in [0.25, 0.3) is 0 Å². The fourth-order valence-corrected chi connectivity index (χ4v) is 4.76. The van der Waals surface area contributed by atoms with Gasteiger partial charge in [-0.1, -0.05) is 123 Å². The zero-order chi connectivity index (χ0) is 24.4. The van der Waals surface area contributed by atoms with Crippen LogP contribution in [0.3, 0.4) is 0 Å². The Labute approximate surface area is 210 Å². The monoisotopic (exact) mass is 480 g/mol. The maximum atomic E-state index is 11.9. The highest BCUT2D eigenvalue weighted by molar-refractivity contribution is 7.81. The van der Waals surface area contributed by atoms with E-state index in [1.165, 1.54) is 96.3 Å². The van der Waals surface area contributed by atoms with Crippen molar-refractivity contribution in [2.45, 2.75) is 142 Å². The zero-order valence-electron chi connectivity index (χ0n) is 21.9. The first-order valence-electron chi connectivity index (χ1n) is 13.8. The average Bonchev–Trinajstić information content (AvgIpc) is 2.79. The van der Waals surface area contributed by atoms with Gasteiger partial charge in [-0.15, -0.1) is 0 Å². The smallest absolute Gasteiger partial charge is 0.316 e. The standard InChI is InChI=1S/C29H52O3S/c1-4-5-6-7-8-9-10-11-12-13-14-15-16-17-18-19-20-26(32-28(31)24-33)25-21-22-27(30)29(2,3)23-25/h21-22,26,30,33H,4-20,23-24H2,1-3H3. The van der Waals surface area contributed by atoms with E-state index in [1.807, 2.05) is 19.9 Å². The maximum Gasteiger partial charge on any atom is 0.316 e. The Kier molecular flexibility index (Phi) is 16.8. The van der Waals surface area contributed by atoms with Gasteiger partial charge in [0.1, 0.15) is 6.10 Å². The minimum absolute atomic E-state index is 0.104. The highest BCUT2D eigenvalue weighted by Crippen LogP contribution is 2.38. The van der Waals surface area contributed by atoms with E-state index in [2.05, 4.69) is 19.6 Å². The van der Waals surface area contributed by atoms with Crippen LogP contribution in [0.2, 0.25) is 0 Å². The summed E-state index contributed by atoms with van der Waals surface area (Å²) in [4.78, 5) is 11.9. The van der Waals surface area contributed by atoms with Crippen LogP contribution in [0.15, 0.2) is 23.5 Å². The fourth-order valence-electron chi connectivity index (χ4n) is 4.69. The van der Waals surface area contributed by atoms with Crippen LogP contribution in [0.4, 0.5) is 0 Å². The Morgan fingerprint density at radius 2 is 1.33 bits per heavy atom. The lowest BCUT2D eigenvalue weighted by Gasteiger charge is -2.31. The normalized spacial score (nSPS) is 16.2. The van der Waals surface area contributed by atoms with Crippen LogP contribution < -0.4 is 0 Å². The molecule has 192 valence electrons. The molecule has 0 aliphatic heterocycles. The molecule has 4 heteroatoms. The van der Waals surface area contributed by atoms with Gasteiger partial charge in [-0.05, 0) is 30.9 Å². The molecule has 0 aromatic carbocycles. The lowest BCUT2D eigenvalue weighted by Crippen LogP contribution is -2.27. The first-order valence-corrected chi connectivity index (χ1v) is 14.4. The molecule has 0 fully saturated rings. The van der Waals surface area contributed by atoms with Gasteiger partial charge in [-0.2, -0.15) is 12.6 Å². The summed E-state index contributed by atoms with van der Waals surface area (Å²) < 4.78 is 5.70. The molecule has 0 aromatic rings. The van der Waals surface area contributed by atoms with Crippen molar-refractivity contribution >= 4 is 18.6 Å².